The topological polar surface area (TPSA) is 249 Å². The van der Waals surface area contributed by atoms with Gasteiger partial charge in [0.1, 0.15) is 29.0 Å². The zero-order valence-electron chi connectivity index (χ0n) is 37.2. The molecule has 1 amide bonds. The Bertz CT molecular complexity index is 2040. The molecule has 18 heteroatoms. The van der Waals surface area contributed by atoms with E-state index in [1.807, 2.05) is 0 Å². The molecule has 5 aliphatic rings. The van der Waals surface area contributed by atoms with Crippen molar-refractivity contribution in [1.29, 1.82) is 0 Å². The van der Waals surface area contributed by atoms with Gasteiger partial charge >= 0.3 is 30.2 Å². The summed E-state index contributed by atoms with van der Waals surface area (Å²) >= 11 is 0. The van der Waals surface area contributed by atoms with Crippen molar-refractivity contribution < 1.29 is 82.0 Å². The molecule has 2 aliphatic heterocycles. The normalized spacial score (nSPS) is 38.1. The highest BCUT2D eigenvalue weighted by atomic mass is 16.8. The van der Waals surface area contributed by atoms with Crippen LogP contribution in [0.15, 0.2) is 41.5 Å². The number of ether oxygens (including phenoxy) is 8. The molecule has 2 saturated heterocycles. The fourth-order valence-electron chi connectivity index (χ4n) is 10.3. The first-order valence-electron chi connectivity index (χ1n) is 20.6. The number of alkyl carbamates (subject to hydrolysis) is 1. The maximum absolute atomic E-state index is 15.6. The molecule has 6 rings (SSSR count). The van der Waals surface area contributed by atoms with Gasteiger partial charge in [0.05, 0.1) is 42.8 Å². The molecule has 1 aromatic rings. The molecule has 1 aromatic carbocycles. The number of ketones is 1. The van der Waals surface area contributed by atoms with Crippen LogP contribution in [0.4, 0.5) is 9.59 Å². The van der Waals surface area contributed by atoms with Crippen LogP contribution in [-0.4, -0.2) is 130 Å². The summed E-state index contributed by atoms with van der Waals surface area (Å²) in [5.41, 5.74) is -12.2. The first kappa shape index (κ1) is 46.9. The fraction of sp³-hybridized carbons (Fsp3) is 0.682. The first-order valence-corrected chi connectivity index (χ1v) is 20.6. The first-order chi connectivity index (χ1) is 28.5. The van der Waals surface area contributed by atoms with Gasteiger partial charge in [-0.05, 0) is 64.8 Å². The number of aliphatic hydroxyl groups is 3. The molecule has 0 spiro atoms. The lowest BCUT2D eigenvalue weighted by molar-refractivity contribution is -0.345. The largest absolute Gasteiger partial charge is 0.508 e. The quantitative estimate of drug-likeness (QED) is 0.174. The van der Waals surface area contributed by atoms with E-state index < -0.39 is 136 Å². The van der Waals surface area contributed by atoms with E-state index in [-0.39, 0.29) is 23.1 Å². The summed E-state index contributed by atoms with van der Waals surface area (Å²) in [6.07, 6.45) is -12.7. The van der Waals surface area contributed by atoms with Gasteiger partial charge in [-0.2, -0.15) is 0 Å². The molecule has 0 aromatic heterocycles. The summed E-state index contributed by atoms with van der Waals surface area (Å²) in [4.78, 5) is 83.8. The number of carbonyl (C=O) groups is 6. The molecule has 342 valence electrons. The maximum atomic E-state index is 15.6. The number of rotatable bonds is 7. The van der Waals surface area contributed by atoms with Gasteiger partial charge in [-0.1, -0.05) is 45.9 Å². The van der Waals surface area contributed by atoms with Gasteiger partial charge in [0.15, 0.2) is 29.9 Å². The van der Waals surface area contributed by atoms with Crippen LogP contribution in [-0.2, 0) is 52.3 Å². The van der Waals surface area contributed by atoms with Gasteiger partial charge in [-0.25, -0.2) is 19.2 Å². The van der Waals surface area contributed by atoms with Gasteiger partial charge in [0, 0.05) is 30.6 Å². The molecule has 62 heavy (non-hydrogen) atoms. The van der Waals surface area contributed by atoms with E-state index in [1.165, 1.54) is 32.9 Å². The number of hydrogen-bond donors (Lipinski definition) is 4. The third-order valence-electron chi connectivity index (χ3n) is 13.9. The van der Waals surface area contributed by atoms with Crippen LogP contribution in [0.5, 0.6) is 0 Å². The Morgan fingerprint density at radius 3 is 2.11 bits per heavy atom. The summed E-state index contributed by atoms with van der Waals surface area (Å²) in [7, 11) is 1.07. The smallest absolute Gasteiger partial charge is 0.455 e. The van der Waals surface area contributed by atoms with Crippen LogP contribution in [0.3, 0.4) is 0 Å². The van der Waals surface area contributed by atoms with E-state index in [0.717, 1.165) is 14.0 Å². The van der Waals surface area contributed by atoms with E-state index in [2.05, 4.69) is 5.32 Å². The summed E-state index contributed by atoms with van der Waals surface area (Å²) in [5, 5.41) is 39.6. The average Bonchev–Trinajstić information content (AvgIpc) is 3.38. The highest BCUT2D eigenvalue weighted by molar-refractivity contribution is 5.95. The second-order valence-electron chi connectivity index (χ2n) is 19.6. The molecule has 12 atom stereocenters. The molecule has 2 bridgehead atoms. The molecule has 3 aliphatic carbocycles. The minimum absolute atomic E-state index is 0.0274. The van der Waals surface area contributed by atoms with Crippen LogP contribution >= 0.6 is 0 Å². The Hall–Kier alpha value is -4.62. The zero-order valence-corrected chi connectivity index (χ0v) is 37.2. The third-order valence-corrected chi connectivity index (χ3v) is 13.9. The molecular formula is C44H59NO17. The van der Waals surface area contributed by atoms with Gasteiger partial charge in [0.2, 0.25) is 0 Å². The molecule has 0 radical (unpaired) electrons. The van der Waals surface area contributed by atoms with Crippen molar-refractivity contribution in [1.82, 2.24) is 5.32 Å². The van der Waals surface area contributed by atoms with Crippen molar-refractivity contribution in [2.24, 2.45) is 22.2 Å². The number of amides is 1. The molecule has 4 N–H and O–H groups in total. The van der Waals surface area contributed by atoms with Crippen molar-refractivity contribution in [2.75, 3.05) is 13.7 Å². The van der Waals surface area contributed by atoms with Crippen LogP contribution in [0.25, 0.3) is 0 Å². The van der Waals surface area contributed by atoms with Gasteiger partial charge in [0.25, 0.3) is 0 Å². The predicted molar refractivity (Wildman–Crippen MR) is 213 cm³/mol. The number of fused-ring (bicyclic) bond motifs is 5. The lowest BCUT2D eigenvalue weighted by atomic mass is 9.44. The van der Waals surface area contributed by atoms with E-state index >= 15 is 4.79 Å². The fourth-order valence-corrected chi connectivity index (χ4v) is 10.3. The summed E-state index contributed by atoms with van der Waals surface area (Å²) < 4.78 is 46.6. The Morgan fingerprint density at radius 2 is 1.56 bits per heavy atom. The number of carbonyl (C=O) groups excluding carboxylic acids is 6. The highest BCUT2D eigenvalue weighted by Crippen LogP contribution is 2.65. The molecule has 2 heterocycles. The number of benzene rings is 1. The second kappa shape index (κ2) is 15.6. The summed E-state index contributed by atoms with van der Waals surface area (Å²) in [6.45, 7) is 16.2. The van der Waals surface area contributed by atoms with Crippen LogP contribution in [0.1, 0.15) is 99.4 Å². The van der Waals surface area contributed by atoms with Crippen LogP contribution in [0, 0.1) is 22.2 Å². The number of hydrogen-bond acceptors (Lipinski definition) is 17. The van der Waals surface area contributed by atoms with Crippen molar-refractivity contribution in [3.63, 3.8) is 0 Å². The molecule has 4 fully saturated rings. The number of methoxy groups -OCH3 is 1. The van der Waals surface area contributed by atoms with E-state index in [9.17, 15) is 39.3 Å². The molecule has 2 saturated carbocycles. The summed E-state index contributed by atoms with van der Waals surface area (Å²) in [6, 6.07) is 6.55. The zero-order chi connectivity index (χ0) is 46.3. The Labute approximate surface area is 359 Å². The Balaban J connectivity index is 1.58. The van der Waals surface area contributed by atoms with Crippen molar-refractivity contribution in [3.8, 4) is 0 Å². The average molecular weight is 874 g/mol. The summed E-state index contributed by atoms with van der Waals surface area (Å²) in [5.74, 6) is -5.53. The highest BCUT2D eigenvalue weighted by Gasteiger charge is 2.79. The monoisotopic (exact) mass is 873 g/mol. The number of aliphatic hydroxyl groups excluding tert-OH is 2. The van der Waals surface area contributed by atoms with E-state index in [1.54, 1.807) is 66.7 Å². The molecule has 4 unspecified atom stereocenters. The third kappa shape index (κ3) is 7.34. The maximum Gasteiger partial charge on any atom is 0.508 e. The Morgan fingerprint density at radius 1 is 0.935 bits per heavy atom. The standard InChI is InChI=1S/C44H59NO17/c1-21-26-27(57-22(2)46)31(48)42(11)24(47)18-25-43(20-56-25,62-37(53)55-12)29(42)32(59-33(49)23-16-14-13-15-17-23)44(54,40(26,8)9)19-41(21,10)60-34(50)28-30(39(6,7)35(51)58-28)45-36(52)61-38(3,4)5/h13-17,24-25,27-30,32,35,47,51,54H,18-20H2,1-12H3,(H,45,52)/t24?,25-,27-,28?,29?,30-,32+,35?,41-,42-,43+,44-/m1/s1. The van der Waals surface area contributed by atoms with Crippen LogP contribution < -0.4 is 5.32 Å². The van der Waals surface area contributed by atoms with Gasteiger partial charge in [-0.15, -0.1) is 0 Å². The van der Waals surface area contributed by atoms with Crippen LogP contribution in [0.2, 0.25) is 0 Å². The van der Waals surface area contributed by atoms with Crippen molar-refractivity contribution in [3.05, 3.63) is 47.0 Å². The van der Waals surface area contributed by atoms with Gasteiger partial charge in [-0.3, -0.25) is 9.59 Å². The van der Waals surface area contributed by atoms with E-state index in [4.69, 9.17) is 37.9 Å². The van der Waals surface area contributed by atoms with Crippen molar-refractivity contribution >= 4 is 35.9 Å². The number of nitrogens with one attached hydrogen (secondary N) is 1. The lowest BCUT2D eigenvalue weighted by Gasteiger charge is -2.67. The minimum Gasteiger partial charge on any atom is -0.455 e. The second-order valence-corrected chi connectivity index (χ2v) is 19.6. The lowest BCUT2D eigenvalue weighted by Crippen LogP contribution is -2.82. The number of Topliss-reactive ketones (excluding diaryl/α,β-unsaturated/α-hetero) is 1. The van der Waals surface area contributed by atoms with E-state index in [0.29, 0.717) is 0 Å². The number of esters is 3. The minimum atomic E-state index is -2.46. The molecular weight excluding hydrogens is 814 g/mol. The SMILES string of the molecule is COC(=O)O[C@@]12CO[C@@H]1CC(O)[C@@]1(C)C(=O)[C@H](OC(C)=O)C3=C(C)[C@](C)(OC(=O)C4OC(O)C(C)(C)[C@@H]4NC(=O)OC(C)(C)C)C[C@@](O)([C@@H](OC(=O)c4ccccc4)C12)C3(C)C. The van der Waals surface area contributed by atoms with Crippen molar-refractivity contribution in [2.45, 2.75) is 154 Å². The molecule has 18 nitrogen and oxygen atoms in total. The van der Waals surface area contributed by atoms with Gasteiger partial charge < -0.3 is 58.5 Å². The Kier molecular flexibility index (Phi) is 11.8. The predicted octanol–water partition coefficient (Wildman–Crippen LogP) is 3.45.